The number of fused-ring (bicyclic) bond motifs is 4. The van der Waals surface area contributed by atoms with Gasteiger partial charge in [0.1, 0.15) is 0 Å². The van der Waals surface area contributed by atoms with Crippen molar-refractivity contribution in [1.29, 1.82) is 0 Å². The van der Waals surface area contributed by atoms with E-state index in [0.717, 1.165) is 186 Å². The number of carbonyl (C=O) groups is 4. The van der Waals surface area contributed by atoms with Crippen molar-refractivity contribution in [3.8, 4) is 45.0 Å². The molecule has 0 unspecified atom stereocenters. The maximum atomic E-state index is 11.8. The Bertz CT molecular complexity index is 5790. The molecule has 4 aromatic heterocycles. The van der Waals surface area contributed by atoms with Crippen LogP contribution in [0.4, 0.5) is 0 Å². The van der Waals surface area contributed by atoms with Gasteiger partial charge in [0.05, 0.1) is 45.1 Å². The summed E-state index contributed by atoms with van der Waals surface area (Å²) >= 11 is 0. The third-order valence-corrected chi connectivity index (χ3v) is 27.0. The molecule has 0 atom stereocenters. The fourth-order valence-corrected chi connectivity index (χ4v) is 19.4. The van der Waals surface area contributed by atoms with E-state index < -0.39 is 0 Å². The van der Waals surface area contributed by atoms with Gasteiger partial charge in [-0.1, -0.05) is 317 Å². The van der Waals surface area contributed by atoms with Crippen LogP contribution in [0.15, 0.2) is 217 Å². The summed E-state index contributed by atoms with van der Waals surface area (Å²) in [5.41, 5.74) is 27.7. The van der Waals surface area contributed by atoms with Crippen LogP contribution in [0.25, 0.3) is 88.6 Å². The standard InChI is InChI=1S/3C21H22N.C20H20N.C13H20O2.2C13H24O2.C11H20O2.4Ir/c3*1-14(2)10-17-6-5-7-21-19(17)8-9-20(22-21)18-12-15(3)11-16(4)13-18;1-13(2)17-6-5-7-20-18(17)8-9-19(21-20)16-11-14(3)10-15(4)12-16;14-12(10-5-1-2-6-10)9-13(15)11-7-3-4-8-11;2*1-5-10(6-2)12(14)9-13(15)11(7-3)8-4;1-8(2)5-10(12)7-11(13)6-9(3)4;;;;/h3*5-9,11-12,14H,10H2,1-4H3;5-11,13H,1-4H3;9-11,14H,1-8H2;2*9-11,14H,5-8H2,1-4H3;7-9,12H,5-6H2,1-4H3;;;;/q4*-1;;;;;;;;. The van der Waals surface area contributed by atoms with E-state index in [9.17, 15) is 39.6 Å². The Kier molecular flexibility index (Phi) is 61.8. The van der Waals surface area contributed by atoms with Crippen LogP contribution in [0.1, 0.15) is 327 Å². The number of hydrogen-bond acceptors (Lipinski definition) is 12. The Labute approximate surface area is 951 Å². The number of ketones is 4. The molecule has 8 aromatic carbocycles. The average molecular weight is 2730 g/mol. The monoisotopic (exact) mass is 2730 g/mol. The smallest absolute Gasteiger partial charge is 0.162 e. The summed E-state index contributed by atoms with van der Waals surface area (Å²) in [6.45, 7) is 58.9. The molecule has 0 bridgehead atoms. The third-order valence-electron chi connectivity index (χ3n) is 27.0. The SMILES string of the molecule is CC(C)CC(=O)C=C(O)CC(C)C.CCC(CC)C(=O)C=C(O)C(CC)CC.CCC(CC)C(=O)C=C(O)C(CC)CC.Cc1[c-]c(-c2ccc3c(C(C)C)cccc3n2)cc(C)c1.Cc1[c-]c(-c2ccc3c(CC(C)C)cccc3n2)cc(C)c1.Cc1[c-]c(-c2ccc3c(CC(C)C)cccc3n2)cc(C)c1.Cc1[c-]c(-c2ccc3c(CC(C)C)cccc3n2)cc(C)c1.O=C(C=C(O)C1CCCC1)C1CCCC1.[Ir].[Ir].[Ir].[Ir]. The molecule has 0 amide bonds. The van der Waals surface area contributed by atoms with Crippen molar-refractivity contribution in [3.05, 3.63) is 308 Å². The Morgan fingerprint density at radius 2 is 0.597 bits per heavy atom. The van der Waals surface area contributed by atoms with E-state index in [1.807, 2.05) is 83.1 Å². The minimum absolute atomic E-state index is 0. The van der Waals surface area contributed by atoms with Gasteiger partial charge in [0, 0.05) is 175 Å². The Morgan fingerprint density at radius 1 is 0.322 bits per heavy atom. The molecule has 0 spiro atoms. The van der Waals surface area contributed by atoms with Crippen LogP contribution in [0.2, 0.25) is 0 Å². The fourth-order valence-electron chi connectivity index (χ4n) is 19.4. The topological polar surface area (TPSA) is 201 Å². The number of aryl methyl sites for hydroxylation is 8. The molecule has 0 saturated heterocycles. The van der Waals surface area contributed by atoms with E-state index in [1.54, 1.807) is 0 Å². The molecule has 4 radical (unpaired) electrons. The normalized spacial score (nSPS) is 12.7. The molecule has 2 aliphatic rings. The van der Waals surface area contributed by atoms with Crippen LogP contribution in [0.5, 0.6) is 0 Å². The number of rotatable bonds is 33. The van der Waals surface area contributed by atoms with Crippen molar-refractivity contribution in [2.45, 2.75) is 335 Å². The molecule has 0 aliphatic heterocycles. The van der Waals surface area contributed by atoms with Gasteiger partial charge in [-0.05, 0) is 201 Å². The zero-order valence-electron chi connectivity index (χ0n) is 94.8. The summed E-state index contributed by atoms with van der Waals surface area (Å²) in [4.78, 5) is 65.8. The van der Waals surface area contributed by atoms with Crippen molar-refractivity contribution in [2.75, 3.05) is 0 Å². The van der Waals surface area contributed by atoms with E-state index in [2.05, 4.69) is 305 Å². The summed E-state index contributed by atoms with van der Waals surface area (Å²) in [6, 6.07) is 73.8. The van der Waals surface area contributed by atoms with E-state index in [1.165, 1.54) is 116 Å². The second-order valence-corrected chi connectivity index (χ2v) is 42.8. The molecule has 4 N–H and O–H groups in total. The summed E-state index contributed by atoms with van der Waals surface area (Å²) in [5.74, 6) is 5.53. The van der Waals surface area contributed by atoms with E-state index in [4.69, 9.17) is 19.9 Å². The predicted molar refractivity (Wildman–Crippen MR) is 614 cm³/mol. The molecule has 149 heavy (non-hydrogen) atoms. The average Bonchev–Trinajstić information content (AvgIpc) is 1.20. The molecular formula is C133H174Ir4N4O8-4. The van der Waals surface area contributed by atoms with Gasteiger partial charge in [-0.25, -0.2) is 0 Å². The van der Waals surface area contributed by atoms with Crippen molar-refractivity contribution >= 4 is 66.7 Å². The summed E-state index contributed by atoms with van der Waals surface area (Å²) < 4.78 is 0. The summed E-state index contributed by atoms with van der Waals surface area (Å²) in [5, 5.41) is 43.7. The van der Waals surface area contributed by atoms with Crippen molar-refractivity contribution < 1.29 is 120 Å². The number of aliphatic hydroxyl groups is 4. The number of benzene rings is 8. The number of allylic oxidation sites excluding steroid dienone is 8. The van der Waals surface area contributed by atoms with Gasteiger partial charge in [0.15, 0.2) is 23.1 Å². The number of aliphatic hydroxyl groups excluding tert-OH is 4. The molecule has 12 nitrogen and oxygen atoms in total. The van der Waals surface area contributed by atoms with Gasteiger partial charge >= 0.3 is 0 Å². The predicted octanol–water partition coefficient (Wildman–Crippen LogP) is 36.2. The van der Waals surface area contributed by atoms with Crippen LogP contribution in [-0.2, 0) is 119 Å². The first-order chi connectivity index (χ1) is 69.0. The number of nitrogens with zero attached hydrogens (tertiary/aromatic N) is 4. The van der Waals surface area contributed by atoms with Gasteiger partial charge in [-0.3, -0.25) is 39.1 Å². The second kappa shape index (κ2) is 68.8. The van der Waals surface area contributed by atoms with Gasteiger partial charge in [-0.2, -0.15) is 0 Å². The molecule has 14 rings (SSSR count). The van der Waals surface area contributed by atoms with Crippen LogP contribution in [-0.4, -0.2) is 63.5 Å². The quantitative estimate of drug-likeness (QED) is 0.0173. The van der Waals surface area contributed by atoms with Crippen molar-refractivity contribution in [2.24, 2.45) is 65.1 Å². The number of pyridine rings is 4. The number of aromatic nitrogens is 4. The first kappa shape index (κ1) is 134. The van der Waals surface area contributed by atoms with Gasteiger partial charge in [0.25, 0.3) is 0 Å². The van der Waals surface area contributed by atoms with Crippen LogP contribution in [0, 0.1) is 145 Å². The van der Waals surface area contributed by atoms with Crippen LogP contribution in [0.3, 0.4) is 0 Å². The Balaban J connectivity index is 0.000000439. The van der Waals surface area contributed by atoms with Gasteiger partial charge in [-0.15, -0.1) is 140 Å². The molecular weight excluding hydrogens is 2550 g/mol. The number of carbonyl (C=O) groups excluding carboxylic acids is 4. The molecule has 2 aliphatic carbocycles. The minimum Gasteiger partial charge on any atom is -0.512 e. The van der Waals surface area contributed by atoms with Gasteiger partial charge in [0.2, 0.25) is 0 Å². The zero-order chi connectivity index (χ0) is 107. The van der Waals surface area contributed by atoms with E-state index >= 15 is 0 Å². The second-order valence-electron chi connectivity index (χ2n) is 42.8. The minimum atomic E-state index is 0. The zero-order valence-corrected chi connectivity index (χ0v) is 104. The van der Waals surface area contributed by atoms with Crippen molar-refractivity contribution in [3.63, 3.8) is 0 Å². The molecule has 2 saturated carbocycles. The maximum absolute atomic E-state index is 11.8. The molecule has 16 heteroatoms. The van der Waals surface area contributed by atoms with E-state index in [0.29, 0.717) is 54.1 Å². The molecule has 12 aromatic rings. The fraction of sp³-hybridized carbons (Fsp3) is 0.459. The Morgan fingerprint density at radius 3 is 0.866 bits per heavy atom. The largest absolute Gasteiger partial charge is 0.512 e. The summed E-state index contributed by atoms with van der Waals surface area (Å²) in [6.07, 6.45) is 26.0. The number of hydrogen-bond donors (Lipinski definition) is 4. The third kappa shape index (κ3) is 44.8. The van der Waals surface area contributed by atoms with E-state index in [-0.39, 0.29) is 156 Å². The molecule has 814 valence electrons. The first-order valence-corrected chi connectivity index (χ1v) is 54.4. The maximum Gasteiger partial charge on any atom is 0.162 e. The summed E-state index contributed by atoms with van der Waals surface area (Å²) in [7, 11) is 0. The van der Waals surface area contributed by atoms with Crippen LogP contribution < -0.4 is 0 Å². The molecule has 4 heterocycles. The molecule has 2 fully saturated rings. The van der Waals surface area contributed by atoms with Gasteiger partial charge < -0.3 is 20.4 Å². The Hall–Kier alpha value is -9.16. The van der Waals surface area contributed by atoms with Crippen LogP contribution >= 0.6 is 0 Å². The van der Waals surface area contributed by atoms with Crippen molar-refractivity contribution in [1.82, 2.24) is 19.9 Å². The first-order valence-electron chi connectivity index (χ1n) is 54.4.